The Kier molecular flexibility index (Phi) is 5.87. The smallest absolute Gasteiger partial charge is 0.295 e. The zero-order valence-corrected chi connectivity index (χ0v) is 15.8. The highest BCUT2D eigenvalue weighted by atomic mass is 32.1. The van der Waals surface area contributed by atoms with E-state index in [-0.39, 0.29) is 18.2 Å². The molecule has 3 rings (SSSR count). The lowest BCUT2D eigenvalue weighted by Gasteiger charge is -2.08. The van der Waals surface area contributed by atoms with E-state index in [1.54, 1.807) is 11.4 Å². The van der Waals surface area contributed by atoms with Crippen molar-refractivity contribution in [1.29, 1.82) is 0 Å². The molecule has 3 aromatic rings. The lowest BCUT2D eigenvalue weighted by atomic mass is 10.0. The number of amides is 2. The number of carbonyl (C=O) groups excluding carboxylic acids is 2. The molecule has 1 aromatic carbocycles. The van der Waals surface area contributed by atoms with Crippen molar-refractivity contribution in [3.05, 3.63) is 65.2 Å². The second kappa shape index (κ2) is 8.50. The number of hydrogen-bond donors (Lipinski definition) is 2. The van der Waals surface area contributed by atoms with Crippen LogP contribution in [0.1, 0.15) is 41.6 Å². The Hall–Kier alpha value is -3.13. The molecule has 0 bridgehead atoms. The van der Waals surface area contributed by atoms with E-state index in [2.05, 4.69) is 39.4 Å². The molecule has 2 N–H and O–H groups in total. The van der Waals surface area contributed by atoms with Crippen LogP contribution in [-0.4, -0.2) is 26.8 Å². The van der Waals surface area contributed by atoms with Crippen LogP contribution in [0.2, 0.25) is 0 Å². The van der Waals surface area contributed by atoms with Crippen LogP contribution in [0.5, 0.6) is 0 Å². The first-order chi connectivity index (χ1) is 13.0. The minimum atomic E-state index is -0.439. The van der Waals surface area contributed by atoms with Gasteiger partial charge in [0.1, 0.15) is 0 Å². The number of hydrogen-bond acceptors (Lipinski definition) is 6. The number of carbonyl (C=O) groups is 2. The Bertz CT molecular complexity index is 923. The standard InChI is InChI=1S/C19H19N5O2S/c1-12(2)13-4-6-14(7-5-13)22-16(25)10-15-11-27-19(23-15)24-18(26)17-20-8-3-9-21-17/h3-9,11-12H,10H2,1-2H3,(H,22,25)(H,23,24,26). The molecule has 2 aromatic heterocycles. The van der Waals surface area contributed by atoms with Crippen molar-refractivity contribution in [1.82, 2.24) is 15.0 Å². The molecule has 138 valence electrons. The quantitative estimate of drug-likeness (QED) is 0.681. The summed E-state index contributed by atoms with van der Waals surface area (Å²) in [6.45, 7) is 4.24. The molecule has 0 aliphatic heterocycles. The Morgan fingerprint density at radius 2 is 1.78 bits per heavy atom. The SMILES string of the molecule is CC(C)c1ccc(NC(=O)Cc2csc(NC(=O)c3ncccn3)n2)cc1. The number of rotatable bonds is 6. The van der Waals surface area contributed by atoms with E-state index in [9.17, 15) is 9.59 Å². The van der Waals surface area contributed by atoms with E-state index >= 15 is 0 Å². The van der Waals surface area contributed by atoms with Gasteiger partial charge in [-0.25, -0.2) is 15.0 Å². The molecule has 0 spiro atoms. The van der Waals surface area contributed by atoms with Crippen molar-refractivity contribution in [3.8, 4) is 0 Å². The molecule has 2 heterocycles. The van der Waals surface area contributed by atoms with E-state index in [1.165, 1.54) is 29.3 Å². The Labute approximate surface area is 160 Å². The molecule has 0 fully saturated rings. The van der Waals surface area contributed by atoms with Crippen LogP contribution in [0.3, 0.4) is 0 Å². The third-order valence-corrected chi connectivity index (χ3v) is 4.55. The summed E-state index contributed by atoms with van der Waals surface area (Å²) < 4.78 is 0. The molecule has 0 saturated carbocycles. The average Bonchev–Trinajstić information content (AvgIpc) is 3.09. The molecule has 2 amide bonds. The highest BCUT2D eigenvalue weighted by Crippen LogP contribution is 2.19. The van der Waals surface area contributed by atoms with Crippen LogP contribution in [-0.2, 0) is 11.2 Å². The molecule has 0 aliphatic rings. The van der Waals surface area contributed by atoms with E-state index in [4.69, 9.17) is 0 Å². The lowest BCUT2D eigenvalue weighted by molar-refractivity contribution is -0.115. The maximum Gasteiger partial charge on any atom is 0.295 e. The summed E-state index contributed by atoms with van der Waals surface area (Å²) in [6.07, 6.45) is 3.11. The lowest BCUT2D eigenvalue weighted by Crippen LogP contribution is -2.16. The van der Waals surface area contributed by atoms with Gasteiger partial charge in [0.25, 0.3) is 5.91 Å². The minimum Gasteiger partial charge on any atom is -0.326 e. The third-order valence-electron chi connectivity index (χ3n) is 3.74. The topological polar surface area (TPSA) is 96.9 Å². The van der Waals surface area contributed by atoms with Crippen molar-refractivity contribution in [3.63, 3.8) is 0 Å². The zero-order chi connectivity index (χ0) is 19.2. The van der Waals surface area contributed by atoms with Crippen molar-refractivity contribution in [2.24, 2.45) is 0 Å². The van der Waals surface area contributed by atoms with E-state index in [0.717, 1.165) is 5.69 Å². The summed E-state index contributed by atoms with van der Waals surface area (Å²) in [5.41, 5.74) is 2.55. The summed E-state index contributed by atoms with van der Waals surface area (Å²) >= 11 is 1.25. The normalized spacial score (nSPS) is 10.6. The second-order valence-corrected chi connectivity index (χ2v) is 7.03. The van der Waals surface area contributed by atoms with Crippen LogP contribution in [0.15, 0.2) is 48.1 Å². The first-order valence-electron chi connectivity index (χ1n) is 8.44. The van der Waals surface area contributed by atoms with Gasteiger partial charge in [-0.05, 0) is 29.7 Å². The fraction of sp³-hybridized carbons (Fsp3) is 0.211. The number of aromatic nitrogens is 3. The molecule has 0 atom stereocenters. The third kappa shape index (κ3) is 5.18. The molecular formula is C19H19N5O2S. The number of thiazole rings is 1. The van der Waals surface area contributed by atoms with E-state index in [1.807, 2.05) is 24.3 Å². The summed E-state index contributed by atoms with van der Waals surface area (Å²) in [6, 6.07) is 9.41. The van der Waals surface area contributed by atoms with Gasteiger partial charge in [0.2, 0.25) is 11.7 Å². The second-order valence-electron chi connectivity index (χ2n) is 6.17. The van der Waals surface area contributed by atoms with Gasteiger partial charge < -0.3 is 5.32 Å². The zero-order valence-electron chi connectivity index (χ0n) is 15.0. The molecule has 7 nitrogen and oxygen atoms in total. The molecule has 8 heteroatoms. The van der Waals surface area contributed by atoms with Gasteiger partial charge in [-0.2, -0.15) is 0 Å². The predicted molar refractivity (Wildman–Crippen MR) is 105 cm³/mol. The van der Waals surface area contributed by atoms with Gasteiger partial charge in [0.15, 0.2) is 5.13 Å². The first-order valence-corrected chi connectivity index (χ1v) is 9.32. The van der Waals surface area contributed by atoms with Crippen LogP contribution in [0.4, 0.5) is 10.8 Å². The largest absolute Gasteiger partial charge is 0.326 e. The monoisotopic (exact) mass is 381 g/mol. The first kappa shape index (κ1) is 18.7. The minimum absolute atomic E-state index is 0.0665. The van der Waals surface area contributed by atoms with E-state index < -0.39 is 5.91 Å². The Morgan fingerprint density at radius 1 is 1.07 bits per heavy atom. The number of nitrogens with one attached hydrogen (secondary N) is 2. The predicted octanol–water partition coefficient (Wildman–Crippen LogP) is 3.49. The Balaban J connectivity index is 1.55. The molecule has 0 unspecified atom stereocenters. The van der Waals surface area contributed by atoms with Crippen LogP contribution in [0.25, 0.3) is 0 Å². The van der Waals surface area contributed by atoms with Crippen molar-refractivity contribution in [2.75, 3.05) is 10.6 Å². The van der Waals surface area contributed by atoms with Crippen LogP contribution in [0, 0.1) is 0 Å². The van der Waals surface area contributed by atoms with Crippen LogP contribution >= 0.6 is 11.3 Å². The molecule has 0 radical (unpaired) electrons. The van der Waals surface area contributed by atoms with Gasteiger partial charge in [0, 0.05) is 23.5 Å². The molecule has 0 saturated heterocycles. The number of anilines is 2. The fourth-order valence-corrected chi connectivity index (χ4v) is 3.04. The highest BCUT2D eigenvalue weighted by Gasteiger charge is 2.13. The van der Waals surface area contributed by atoms with Crippen molar-refractivity contribution < 1.29 is 9.59 Å². The molecule has 27 heavy (non-hydrogen) atoms. The molecular weight excluding hydrogens is 362 g/mol. The van der Waals surface area contributed by atoms with Gasteiger partial charge in [0.05, 0.1) is 12.1 Å². The molecule has 0 aliphatic carbocycles. The van der Waals surface area contributed by atoms with E-state index in [0.29, 0.717) is 16.7 Å². The summed E-state index contributed by atoms with van der Waals surface area (Å²) in [4.78, 5) is 36.2. The van der Waals surface area contributed by atoms with Gasteiger partial charge in [-0.1, -0.05) is 26.0 Å². The Morgan fingerprint density at radius 3 is 2.44 bits per heavy atom. The maximum atomic E-state index is 12.2. The summed E-state index contributed by atoms with van der Waals surface area (Å²) in [7, 11) is 0. The van der Waals surface area contributed by atoms with Crippen LogP contribution < -0.4 is 10.6 Å². The van der Waals surface area contributed by atoms with Crippen molar-refractivity contribution in [2.45, 2.75) is 26.2 Å². The van der Waals surface area contributed by atoms with Gasteiger partial charge in [-0.15, -0.1) is 11.3 Å². The summed E-state index contributed by atoms with van der Waals surface area (Å²) in [5, 5.41) is 7.62. The summed E-state index contributed by atoms with van der Waals surface area (Å²) in [5.74, 6) is -0.0930. The van der Waals surface area contributed by atoms with Crippen molar-refractivity contribution >= 4 is 34.0 Å². The maximum absolute atomic E-state index is 12.2. The number of benzene rings is 1. The highest BCUT2D eigenvalue weighted by molar-refractivity contribution is 7.14. The number of nitrogens with zero attached hydrogens (tertiary/aromatic N) is 3. The fourth-order valence-electron chi connectivity index (χ4n) is 2.34. The van der Waals surface area contributed by atoms with Gasteiger partial charge >= 0.3 is 0 Å². The average molecular weight is 381 g/mol. The van der Waals surface area contributed by atoms with Gasteiger partial charge in [-0.3, -0.25) is 14.9 Å².